The molecule has 1 aromatic heterocycles. The molecule has 0 saturated carbocycles. The summed E-state index contributed by atoms with van der Waals surface area (Å²) in [6, 6.07) is 7.85. The number of hydrogen-bond acceptors (Lipinski definition) is 8. The van der Waals surface area contributed by atoms with Gasteiger partial charge in [-0.3, -0.25) is 9.59 Å². The van der Waals surface area contributed by atoms with Crippen LogP contribution in [0.25, 0.3) is 0 Å². The van der Waals surface area contributed by atoms with Crippen LogP contribution in [0.15, 0.2) is 29.4 Å². The predicted molar refractivity (Wildman–Crippen MR) is 105 cm³/mol. The first-order valence-corrected chi connectivity index (χ1v) is 9.58. The highest BCUT2D eigenvalue weighted by Crippen LogP contribution is 2.24. The Labute approximate surface area is 167 Å². The molecule has 1 aromatic carbocycles. The Kier molecular flexibility index (Phi) is 7.27. The van der Waals surface area contributed by atoms with Gasteiger partial charge in [-0.2, -0.15) is 0 Å². The molecule has 152 valence electrons. The van der Waals surface area contributed by atoms with Crippen LogP contribution in [-0.2, 0) is 26.3 Å². The van der Waals surface area contributed by atoms with Crippen LogP contribution in [0.2, 0.25) is 0 Å². The van der Waals surface area contributed by atoms with Crippen LogP contribution in [0.4, 0.5) is 0 Å². The largest absolute Gasteiger partial charge is 0.486 e. The van der Waals surface area contributed by atoms with E-state index in [0.29, 0.717) is 16.7 Å². The van der Waals surface area contributed by atoms with Crippen molar-refractivity contribution in [3.8, 4) is 5.75 Å². The fourth-order valence-electron chi connectivity index (χ4n) is 2.13. The molecule has 0 aliphatic rings. The van der Waals surface area contributed by atoms with E-state index in [9.17, 15) is 9.59 Å². The van der Waals surface area contributed by atoms with E-state index in [-0.39, 0.29) is 30.2 Å². The minimum atomic E-state index is -0.518. The molecule has 10 heteroatoms. The molecule has 1 heterocycles. The zero-order valence-corrected chi connectivity index (χ0v) is 17.2. The number of nitrogens with zero attached hydrogens (tertiary/aromatic N) is 3. The normalized spacial score (nSPS) is 11.1. The number of carbonyl (C=O) groups is 2. The van der Waals surface area contributed by atoms with Crippen molar-refractivity contribution in [3.05, 3.63) is 35.7 Å². The minimum absolute atomic E-state index is 0.0431. The van der Waals surface area contributed by atoms with Gasteiger partial charge in [0.25, 0.3) is 0 Å². The van der Waals surface area contributed by atoms with Crippen LogP contribution in [0, 0.1) is 0 Å². The summed E-state index contributed by atoms with van der Waals surface area (Å²) in [5.41, 5.74) is 1.29. The molecule has 3 N–H and O–H groups in total. The van der Waals surface area contributed by atoms with Gasteiger partial charge in [-0.05, 0) is 23.1 Å². The molecule has 0 fully saturated rings. The summed E-state index contributed by atoms with van der Waals surface area (Å²) in [5, 5.41) is 10.8. The topological polar surface area (TPSA) is 121 Å². The third kappa shape index (κ3) is 6.15. The SMILES string of the molecule is COC(=O)CNC(=O)CSc1nnc(COc2ccc(C(C)(C)C)cc2)n1N. The predicted octanol–water partition coefficient (Wildman–Crippen LogP) is 1.25. The van der Waals surface area contributed by atoms with Crippen molar-refractivity contribution in [1.29, 1.82) is 0 Å². The van der Waals surface area contributed by atoms with Gasteiger partial charge in [-0.25, -0.2) is 4.68 Å². The summed E-state index contributed by atoms with van der Waals surface area (Å²) >= 11 is 1.11. The van der Waals surface area contributed by atoms with Crippen molar-refractivity contribution >= 4 is 23.6 Å². The van der Waals surface area contributed by atoms with E-state index in [1.54, 1.807) is 0 Å². The molecule has 0 aliphatic carbocycles. The Morgan fingerprint density at radius 2 is 1.89 bits per heavy atom. The van der Waals surface area contributed by atoms with Crippen LogP contribution in [0.3, 0.4) is 0 Å². The highest BCUT2D eigenvalue weighted by atomic mass is 32.2. The van der Waals surface area contributed by atoms with Crippen LogP contribution >= 0.6 is 11.8 Å². The van der Waals surface area contributed by atoms with Crippen molar-refractivity contribution in [2.75, 3.05) is 25.3 Å². The van der Waals surface area contributed by atoms with E-state index >= 15 is 0 Å². The second kappa shape index (κ2) is 9.45. The molecule has 1 amide bonds. The number of benzene rings is 1. The van der Waals surface area contributed by atoms with Gasteiger partial charge in [-0.15, -0.1) is 10.2 Å². The summed E-state index contributed by atoms with van der Waals surface area (Å²) in [7, 11) is 1.25. The third-order valence-electron chi connectivity index (χ3n) is 3.81. The van der Waals surface area contributed by atoms with Crippen LogP contribution in [-0.4, -0.2) is 46.2 Å². The maximum absolute atomic E-state index is 11.7. The number of thioether (sulfide) groups is 1. The highest BCUT2D eigenvalue weighted by molar-refractivity contribution is 7.99. The van der Waals surface area contributed by atoms with E-state index < -0.39 is 5.97 Å². The number of hydrogen-bond donors (Lipinski definition) is 2. The van der Waals surface area contributed by atoms with E-state index in [1.807, 2.05) is 24.3 Å². The second-order valence-corrected chi connectivity index (χ2v) is 7.92. The summed E-state index contributed by atoms with van der Waals surface area (Å²) in [6.45, 7) is 6.41. The van der Waals surface area contributed by atoms with Gasteiger partial charge in [0.05, 0.1) is 12.9 Å². The Bertz CT molecular complexity index is 814. The molecule has 0 radical (unpaired) electrons. The van der Waals surface area contributed by atoms with E-state index in [0.717, 1.165) is 11.8 Å². The van der Waals surface area contributed by atoms with Crippen molar-refractivity contribution in [1.82, 2.24) is 20.2 Å². The molecule has 0 bridgehead atoms. The van der Waals surface area contributed by atoms with E-state index in [2.05, 4.69) is 41.0 Å². The Morgan fingerprint density at radius 3 is 2.50 bits per heavy atom. The van der Waals surface area contributed by atoms with Gasteiger partial charge >= 0.3 is 5.97 Å². The number of ether oxygens (including phenoxy) is 2. The number of rotatable bonds is 8. The minimum Gasteiger partial charge on any atom is -0.486 e. The first-order chi connectivity index (χ1) is 13.2. The fraction of sp³-hybridized carbons (Fsp3) is 0.444. The lowest BCUT2D eigenvalue weighted by Gasteiger charge is -2.19. The molecule has 0 atom stereocenters. The number of nitrogen functional groups attached to an aromatic ring is 1. The van der Waals surface area contributed by atoms with Gasteiger partial charge in [0.2, 0.25) is 11.1 Å². The number of methoxy groups -OCH3 is 1. The summed E-state index contributed by atoms with van der Waals surface area (Å²) in [5.74, 6) is 6.28. The monoisotopic (exact) mass is 407 g/mol. The van der Waals surface area contributed by atoms with Gasteiger partial charge in [0, 0.05) is 0 Å². The molecular weight excluding hydrogens is 382 g/mol. The van der Waals surface area contributed by atoms with Crippen molar-refractivity contribution in [3.63, 3.8) is 0 Å². The summed E-state index contributed by atoms with van der Waals surface area (Å²) < 4.78 is 11.4. The number of carbonyl (C=O) groups excluding carboxylic acids is 2. The van der Waals surface area contributed by atoms with Gasteiger partial charge in [0.1, 0.15) is 18.9 Å². The summed E-state index contributed by atoms with van der Waals surface area (Å²) in [6.07, 6.45) is 0. The van der Waals surface area contributed by atoms with E-state index in [4.69, 9.17) is 10.6 Å². The lowest BCUT2D eigenvalue weighted by Crippen LogP contribution is -2.31. The van der Waals surface area contributed by atoms with Gasteiger partial charge in [0.15, 0.2) is 5.82 Å². The first-order valence-electron chi connectivity index (χ1n) is 8.59. The molecule has 0 unspecified atom stereocenters. The standard InChI is InChI=1S/C18H25N5O4S/c1-18(2,3)12-5-7-13(8-6-12)27-10-14-21-22-17(23(14)19)28-11-15(24)20-9-16(25)26-4/h5-8H,9-11,19H2,1-4H3,(H,20,24). The smallest absolute Gasteiger partial charge is 0.325 e. The Morgan fingerprint density at radius 1 is 1.21 bits per heavy atom. The van der Waals surface area contributed by atoms with E-state index in [1.165, 1.54) is 17.3 Å². The molecule has 0 saturated heterocycles. The zero-order chi connectivity index (χ0) is 20.7. The van der Waals surface area contributed by atoms with Crippen molar-refractivity contribution in [2.45, 2.75) is 37.9 Å². The quantitative estimate of drug-likeness (QED) is 0.381. The number of nitrogens with one attached hydrogen (secondary N) is 1. The molecule has 0 spiro atoms. The van der Waals surface area contributed by atoms with Crippen molar-refractivity contribution in [2.24, 2.45) is 0 Å². The summed E-state index contributed by atoms with van der Waals surface area (Å²) in [4.78, 5) is 22.7. The second-order valence-electron chi connectivity index (χ2n) is 6.97. The van der Waals surface area contributed by atoms with Gasteiger partial charge < -0.3 is 20.6 Å². The first kappa shape index (κ1) is 21.5. The molecule has 2 aromatic rings. The number of amides is 1. The maximum atomic E-state index is 11.7. The molecule has 28 heavy (non-hydrogen) atoms. The number of esters is 1. The van der Waals surface area contributed by atoms with Crippen LogP contribution in [0.1, 0.15) is 32.2 Å². The number of aromatic nitrogens is 3. The Hall–Kier alpha value is -2.75. The highest BCUT2D eigenvalue weighted by Gasteiger charge is 2.15. The molecule has 9 nitrogen and oxygen atoms in total. The molecule has 2 rings (SSSR count). The lowest BCUT2D eigenvalue weighted by atomic mass is 9.87. The number of nitrogens with two attached hydrogens (primary N) is 1. The average Bonchev–Trinajstić information content (AvgIpc) is 3.02. The average molecular weight is 407 g/mol. The maximum Gasteiger partial charge on any atom is 0.325 e. The van der Waals surface area contributed by atoms with Crippen molar-refractivity contribution < 1.29 is 19.1 Å². The fourth-order valence-corrected chi connectivity index (χ4v) is 2.83. The third-order valence-corrected chi connectivity index (χ3v) is 4.76. The zero-order valence-electron chi connectivity index (χ0n) is 16.4. The molecular formula is C18H25N5O4S. The molecule has 0 aliphatic heterocycles. The Balaban J connectivity index is 1.85. The van der Waals surface area contributed by atoms with Crippen LogP contribution < -0.4 is 15.9 Å². The van der Waals surface area contributed by atoms with Gasteiger partial charge in [-0.1, -0.05) is 44.7 Å². The lowest BCUT2D eigenvalue weighted by molar-refractivity contribution is -0.140. The van der Waals surface area contributed by atoms with Crippen LogP contribution in [0.5, 0.6) is 5.75 Å².